The van der Waals surface area contributed by atoms with Gasteiger partial charge in [-0.1, -0.05) is 54.1 Å². The molecule has 2 amide bonds. The Hall–Kier alpha value is -3.51. The molecule has 0 bridgehead atoms. The molecule has 0 saturated heterocycles. The number of carbonyl (C=O) groups excluding carboxylic acids is 2. The van der Waals surface area contributed by atoms with Crippen molar-refractivity contribution < 1.29 is 9.59 Å². The summed E-state index contributed by atoms with van der Waals surface area (Å²) in [5, 5.41) is 8.68. The van der Waals surface area contributed by atoms with Gasteiger partial charge in [0.15, 0.2) is 5.11 Å². The molecule has 29 heavy (non-hydrogen) atoms. The van der Waals surface area contributed by atoms with Gasteiger partial charge in [-0.3, -0.25) is 14.9 Å². The van der Waals surface area contributed by atoms with E-state index in [4.69, 9.17) is 12.2 Å². The molecule has 3 aromatic rings. The first-order chi connectivity index (χ1) is 14.0. The predicted molar refractivity (Wildman–Crippen MR) is 120 cm³/mol. The Morgan fingerprint density at radius 3 is 2.24 bits per heavy atom. The van der Waals surface area contributed by atoms with Crippen LogP contribution in [-0.4, -0.2) is 16.9 Å². The first kappa shape index (κ1) is 20.2. The fourth-order valence-corrected chi connectivity index (χ4v) is 3.00. The number of aryl methyl sites for hydroxylation is 1. The molecule has 0 spiro atoms. The Balaban J connectivity index is 1.57. The average molecular weight is 404 g/mol. The number of nitrogens with one attached hydrogen (secondary N) is 3. The lowest BCUT2D eigenvalue weighted by Crippen LogP contribution is -2.34. The maximum atomic E-state index is 12.3. The SMILES string of the molecule is Cc1cccc(C(=O)NC(=S)Nc2cccc(NC(=O)Cc3ccccc3)c2)c1. The van der Waals surface area contributed by atoms with E-state index in [0.29, 0.717) is 23.4 Å². The molecule has 0 aliphatic rings. The molecule has 5 nitrogen and oxygen atoms in total. The highest BCUT2D eigenvalue weighted by Gasteiger charge is 2.09. The van der Waals surface area contributed by atoms with Crippen LogP contribution in [0, 0.1) is 6.92 Å². The summed E-state index contributed by atoms with van der Waals surface area (Å²) in [7, 11) is 0. The van der Waals surface area contributed by atoms with Crippen molar-refractivity contribution in [2.75, 3.05) is 10.6 Å². The number of benzene rings is 3. The van der Waals surface area contributed by atoms with Crippen LogP contribution < -0.4 is 16.0 Å². The maximum absolute atomic E-state index is 12.3. The van der Waals surface area contributed by atoms with Crippen LogP contribution in [0.5, 0.6) is 0 Å². The number of hydrogen-bond donors (Lipinski definition) is 3. The normalized spacial score (nSPS) is 10.1. The predicted octanol–water partition coefficient (Wildman–Crippen LogP) is 4.30. The van der Waals surface area contributed by atoms with Gasteiger partial charge in [-0.15, -0.1) is 0 Å². The van der Waals surface area contributed by atoms with Crippen molar-refractivity contribution in [1.82, 2.24) is 5.32 Å². The van der Waals surface area contributed by atoms with E-state index in [1.54, 1.807) is 36.4 Å². The molecule has 0 atom stereocenters. The molecule has 3 aromatic carbocycles. The zero-order valence-electron chi connectivity index (χ0n) is 15.9. The van der Waals surface area contributed by atoms with Crippen LogP contribution in [0.4, 0.5) is 11.4 Å². The Bertz CT molecular complexity index is 1040. The standard InChI is InChI=1S/C23H21N3O2S/c1-16-7-5-10-18(13-16)22(28)26-23(29)25-20-12-6-11-19(15-20)24-21(27)14-17-8-3-2-4-9-17/h2-13,15H,14H2,1H3,(H,24,27)(H2,25,26,28,29). The van der Waals surface area contributed by atoms with Crippen molar-refractivity contribution in [3.63, 3.8) is 0 Å². The summed E-state index contributed by atoms with van der Waals surface area (Å²) in [6.45, 7) is 1.92. The lowest BCUT2D eigenvalue weighted by Gasteiger charge is -2.12. The Morgan fingerprint density at radius 1 is 0.828 bits per heavy atom. The van der Waals surface area contributed by atoms with Gasteiger partial charge in [0.25, 0.3) is 5.91 Å². The summed E-state index contributed by atoms with van der Waals surface area (Å²) in [4.78, 5) is 24.5. The van der Waals surface area contributed by atoms with E-state index in [2.05, 4.69) is 16.0 Å². The van der Waals surface area contributed by atoms with Crippen molar-refractivity contribution in [2.24, 2.45) is 0 Å². The minimum absolute atomic E-state index is 0.108. The number of carbonyl (C=O) groups is 2. The quantitative estimate of drug-likeness (QED) is 0.556. The zero-order valence-corrected chi connectivity index (χ0v) is 16.8. The molecule has 0 fully saturated rings. The molecule has 0 saturated carbocycles. The van der Waals surface area contributed by atoms with Crippen molar-refractivity contribution in [3.05, 3.63) is 95.6 Å². The van der Waals surface area contributed by atoms with Gasteiger partial charge in [-0.05, 0) is 55.0 Å². The van der Waals surface area contributed by atoms with Crippen LogP contribution in [0.15, 0.2) is 78.9 Å². The average Bonchev–Trinajstić information content (AvgIpc) is 2.68. The van der Waals surface area contributed by atoms with Crippen LogP contribution >= 0.6 is 12.2 Å². The third-order valence-corrected chi connectivity index (χ3v) is 4.32. The Labute approximate surface area is 175 Å². The molecule has 3 N–H and O–H groups in total. The number of thiocarbonyl (C=S) groups is 1. The summed E-state index contributed by atoms with van der Waals surface area (Å²) in [6, 6.07) is 24.0. The van der Waals surface area contributed by atoms with Crippen molar-refractivity contribution in [2.45, 2.75) is 13.3 Å². The second kappa shape index (κ2) is 9.61. The first-order valence-corrected chi connectivity index (χ1v) is 9.53. The summed E-state index contributed by atoms with van der Waals surface area (Å²) in [5.74, 6) is -0.387. The summed E-state index contributed by atoms with van der Waals surface area (Å²) >= 11 is 5.23. The van der Waals surface area contributed by atoms with Crippen LogP contribution in [-0.2, 0) is 11.2 Å². The van der Waals surface area contributed by atoms with Crippen LogP contribution in [0.3, 0.4) is 0 Å². The van der Waals surface area contributed by atoms with Crippen LogP contribution in [0.2, 0.25) is 0 Å². The van der Waals surface area contributed by atoms with E-state index in [0.717, 1.165) is 11.1 Å². The van der Waals surface area contributed by atoms with Gasteiger partial charge < -0.3 is 10.6 Å². The number of hydrogen-bond acceptors (Lipinski definition) is 3. The van der Waals surface area contributed by atoms with Gasteiger partial charge in [0, 0.05) is 16.9 Å². The van der Waals surface area contributed by atoms with Gasteiger partial charge in [0.05, 0.1) is 6.42 Å². The summed E-state index contributed by atoms with van der Waals surface area (Å²) in [6.07, 6.45) is 0.295. The fraction of sp³-hybridized carbons (Fsp3) is 0.0870. The molecular formula is C23H21N3O2S. The Morgan fingerprint density at radius 2 is 1.52 bits per heavy atom. The monoisotopic (exact) mass is 403 g/mol. The molecule has 146 valence electrons. The number of amides is 2. The van der Waals surface area contributed by atoms with Crippen LogP contribution in [0.25, 0.3) is 0 Å². The molecule has 0 heterocycles. The highest BCUT2D eigenvalue weighted by Crippen LogP contribution is 2.16. The second-order valence-corrected chi connectivity index (χ2v) is 6.98. The largest absolute Gasteiger partial charge is 0.332 e. The van der Waals surface area contributed by atoms with Gasteiger partial charge in [-0.2, -0.15) is 0 Å². The smallest absolute Gasteiger partial charge is 0.257 e. The van der Waals surface area contributed by atoms with Crippen LogP contribution in [0.1, 0.15) is 21.5 Å². The molecule has 0 radical (unpaired) electrons. The molecule has 6 heteroatoms. The lowest BCUT2D eigenvalue weighted by atomic mass is 10.1. The van der Waals surface area contributed by atoms with E-state index in [9.17, 15) is 9.59 Å². The second-order valence-electron chi connectivity index (χ2n) is 6.57. The molecule has 3 rings (SSSR count). The van der Waals surface area contributed by atoms with E-state index >= 15 is 0 Å². The van der Waals surface area contributed by atoms with Crippen molar-refractivity contribution in [1.29, 1.82) is 0 Å². The molecular weight excluding hydrogens is 382 g/mol. The Kier molecular flexibility index (Phi) is 6.71. The van der Waals surface area contributed by atoms with Crippen molar-refractivity contribution in [3.8, 4) is 0 Å². The fourth-order valence-electron chi connectivity index (χ4n) is 2.79. The molecule has 0 aromatic heterocycles. The molecule has 0 aliphatic heterocycles. The summed E-state index contributed by atoms with van der Waals surface area (Å²) < 4.78 is 0. The van der Waals surface area contributed by atoms with E-state index in [1.807, 2.05) is 49.4 Å². The number of rotatable bonds is 5. The first-order valence-electron chi connectivity index (χ1n) is 9.12. The highest BCUT2D eigenvalue weighted by atomic mass is 32.1. The maximum Gasteiger partial charge on any atom is 0.257 e. The third kappa shape index (κ3) is 6.26. The van der Waals surface area contributed by atoms with Gasteiger partial charge >= 0.3 is 0 Å². The lowest BCUT2D eigenvalue weighted by molar-refractivity contribution is -0.115. The van der Waals surface area contributed by atoms with E-state index in [-0.39, 0.29) is 16.9 Å². The summed E-state index contributed by atoms with van der Waals surface area (Å²) in [5.41, 5.74) is 3.78. The minimum atomic E-state index is -0.279. The van der Waals surface area contributed by atoms with Gasteiger partial charge in [0.2, 0.25) is 5.91 Å². The molecule has 0 unspecified atom stereocenters. The van der Waals surface area contributed by atoms with Gasteiger partial charge in [0.1, 0.15) is 0 Å². The molecule has 0 aliphatic carbocycles. The minimum Gasteiger partial charge on any atom is -0.332 e. The van der Waals surface area contributed by atoms with Crippen molar-refractivity contribution >= 4 is 40.5 Å². The third-order valence-electron chi connectivity index (χ3n) is 4.12. The topological polar surface area (TPSA) is 70.2 Å². The highest BCUT2D eigenvalue weighted by molar-refractivity contribution is 7.80. The zero-order chi connectivity index (χ0) is 20.6. The van der Waals surface area contributed by atoms with Gasteiger partial charge in [-0.25, -0.2) is 0 Å². The van der Waals surface area contributed by atoms with E-state index in [1.165, 1.54) is 0 Å². The number of anilines is 2. The van der Waals surface area contributed by atoms with E-state index < -0.39 is 0 Å².